The lowest BCUT2D eigenvalue weighted by molar-refractivity contribution is -0.120. The van der Waals surface area contributed by atoms with Crippen LogP contribution in [0.3, 0.4) is 0 Å². The van der Waals surface area contributed by atoms with Gasteiger partial charge in [-0.15, -0.1) is 0 Å². The van der Waals surface area contributed by atoms with Gasteiger partial charge in [-0.3, -0.25) is 9.59 Å². The Balaban J connectivity index is 1.64. The fraction of sp³-hybridized carbons (Fsp3) is 0.556. The zero-order chi connectivity index (χ0) is 20.1. The second kappa shape index (κ2) is 7.02. The first-order valence-corrected chi connectivity index (χ1v) is 11.0. The van der Waals surface area contributed by atoms with E-state index in [4.69, 9.17) is 9.47 Å². The van der Waals surface area contributed by atoms with E-state index < -0.39 is 10.0 Å². The van der Waals surface area contributed by atoms with E-state index in [-0.39, 0.29) is 36.9 Å². The maximum Gasteiger partial charge on any atom is 0.264 e. The highest BCUT2D eigenvalue weighted by molar-refractivity contribution is 7.88. The third-order valence-electron chi connectivity index (χ3n) is 5.46. The van der Waals surface area contributed by atoms with Gasteiger partial charge in [0.2, 0.25) is 10.0 Å². The lowest BCUT2D eigenvalue weighted by atomic mass is 10.1. The van der Waals surface area contributed by atoms with Crippen LogP contribution in [0, 0.1) is 5.92 Å². The van der Waals surface area contributed by atoms with Gasteiger partial charge in [0, 0.05) is 38.2 Å². The number of benzene rings is 1. The molecule has 3 heterocycles. The second-order valence-electron chi connectivity index (χ2n) is 7.52. The Kier molecular flexibility index (Phi) is 4.80. The van der Waals surface area contributed by atoms with Crippen molar-refractivity contribution in [3.05, 3.63) is 23.8 Å². The third-order valence-corrected chi connectivity index (χ3v) is 6.69. The summed E-state index contributed by atoms with van der Waals surface area (Å²) in [5.74, 6) is 0.0845. The molecule has 152 valence electrons. The highest BCUT2D eigenvalue weighted by atomic mass is 32.2. The number of carbonyl (C=O) groups excluding carboxylic acids is 2. The molecule has 9 nitrogen and oxygen atoms in total. The molecule has 0 spiro atoms. The van der Waals surface area contributed by atoms with Gasteiger partial charge in [0.05, 0.1) is 31.2 Å². The average molecular weight is 409 g/mol. The largest absolute Gasteiger partial charge is 0.482 e. The minimum Gasteiger partial charge on any atom is -0.482 e. The fourth-order valence-corrected chi connectivity index (χ4v) is 4.81. The van der Waals surface area contributed by atoms with Crippen LogP contribution in [-0.2, 0) is 19.6 Å². The molecule has 0 unspecified atom stereocenters. The van der Waals surface area contributed by atoms with Crippen LogP contribution < -0.4 is 9.64 Å². The van der Waals surface area contributed by atoms with Gasteiger partial charge < -0.3 is 19.3 Å². The van der Waals surface area contributed by atoms with E-state index in [1.807, 2.05) is 0 Å². The van der Waals surface area contributed by atoms with Gasteiger partial charge in [-0.25, -0.2) is 8.42 Å². The Labute approximate surface area is 163 Å². The Hall–Kier alpha value is -2.17. The fourth-order valence-electron chi connectivity index (χ4n) is 3.89. The van der Waals surface area contributed by atoms with Crippen molar-refractivity contribution >= 4 is 27.5 Å². The van der Waals surface area contributed by atoms with E-state index in [9.17, 15) is 18.0 Å². The number of nitrogens with zero attached hydrogens (tertiary/aromatic N) is 3. The molecule has 3 aliphatic rings. The number of rotatable bonds is 2. The summed E-state index contributed by atoms with van der Waals surface area (Å²) in [5, 5.41) is 0. The number of ether oxygens (including phenoxy) is 2. The number of amides is 2. The molecular weight excluding hydrogens is 386 g/mol. The lowest BCUT2D eigenvalue weighted by Crippen LogP contribution is -2.47. The molecule has 1 aromatic rings. The molecule has 4 rings (SSSR count). The second-order valence-corrected chi connectivity index (χ2v) is 9.50. The number of likely N-dealkylation sites (N-methyl/N-ethyl adjacent to an activating group) is 1. The van der Waals surface area contributed by atoms with Gasteiger partial charge in [0.1, 0.15) is 5.75 Å². The standard InChI is InChI=1S/C18H23N3O6S/c1-19-15-5-13(3-4-16(15)27-11-17(19)22)18(23)21-7-12-6-20(28(2,24)25)8-14(21)10-26-9-12/h3-5,12,14H,6-11H2,1-2H3/t12-,14-/m0/s1. The summed E-state index contributed by atoms with van der Waals surface area (Å²) in [7, 11) is -1.70. The summed E-state index contributed by atoms with van der Waals surface area (Å²) in [6.45, 7) is 1.67. The van der Waals surface area contributed by atoms with Gasteiger partial charge in [-0.1, -0.05) is 0 Å². The van der Waals surface area contributed by atoms with E-state index >= 15 is 0 Å². The molecule has 0 radical (unpaired) electrons. The van der Waals surface area contributed by atoms with Crippen molar-refractivity contribution in [2.75, 3.05) is 57.7 Å². The van der Waals surface area contributed by atoms with Crippen molar-refractivity contribution < 1.29 is 27.5 Å². The van der Waals surface area contributed by atoms with Gasteiger partial charge in [-0.2, -0.15) is 4.31 Å². The van der Waals surface area contributed by atoms with Crippen LogP contribution in [0.4, 0.5) is 5.69 Å². The van der Waals surface area contributed by atoms with E-state index in [2.05, 4.69) is 0 Å². The topological polar surface area (TPSA) is 96.5 Å². The summed E-state index contributed by atoms with van der Waals surface area (Å²) >= 11 is 0. The average Bonchev–Trinajstić information content (AvgIpc) is 2.94. The normalized spacial score (nSPS) is 25.7. The van der Waals surface area contributed by atoms with Gasteiger partial charge in [-0.05, 0) is 18.2 Å². The molecule has 2 amide bonds. The molecule has 0 aliphatic carbocycles. The summed E-state index contributed by atoms with van der Waals surface area (Å²) in [4.78, 5) is 28.4. The van der Waals surface area contributed by atoms with Crippen molar-refractivity contribution in [2.45, 2.75) is 6.04 Å². The highest BCUT2D eigenvalue weighted by Crippen LogP contribution is 2.33. The SMILES string of the molecule is CN1C(=O)COc2ccc(C(=O)N3C[C@H]4COC[C@@H]3CN(S(C)(=O)=O)C4)cc21. The summed E-state index contributed by atoms with van der Waals surface area (Å²) in [6, 6.07) is 4.66. The van der Waals surface area contributed by atoms with Crippen LogP contribution >= 0.6 is 0 Å². The Bertz CT molecular complexity index is 918. The molecule has 3 aliphatic heterocycles. The zero-order valence-electron chi connectivity index (χ0n) is 15.8. The lowest BCUT2D eigenvalue weighted by Gasteiger charge is -2.31. The molecule has 10 heteroatoms. The molecule has 1 aromatic carbocycles. The molecule has 28 heavy (non-hydrogen) atoms. The summed E-state index contributed by atoms with van der Waals surface area (Å²) in [6.07, 6.45) is 1.19. The van der Waals surface area contributed by atoms with Crippen LogP contribution in [0.25, 0.3) is 0 Å². The predicted octanol–water partition coefficient (Wildman–Crippen LogP) is -0.226. The maximum absolute atomic E-state index is 13.3. The molecule has 2 atom stereocenters. The molecule has 2 bridgehead atoms. The van der Waals surface area contributed by atoms with E-state index in [1.54, 1.807) is 30.1 Å². The molecular formula is C18H23N3O6S. The van der Waals surface area contributed by atoms with Crippen LogP contribution in [-0.4, -0.2) is 88.2 Å². The molecule has 2 saturated heterocycles. The van der Waals surface area contributed by atoms with Gasteiger partial charge in [0.15, 0.2) is 6.61 Å². The monoisotopic (exact) mass is 409 g/mol. The van der Waals surface area contributed by atoms with Crippen molar-refractivity contribution in [3.63, 3.8) is 0 Å². The minimum atomic E-state index is -3.35. The van der Waals surface area contributed by atoms with Crippen LogP contribution in [0.5, 0.6) is 5.75 Å². The first-order chi connectivity index (χ1) is 13.2. The number of hydrogen-bond donors (Lipinski definition) is 0. The van der Waals surface area contributed by atoms with Crippen molar-refractivity contribution in [1.29, 1.82) is 0 Å². The number of anilines is 1. The zero-order valence-corrected chi connectivity index (χ0v) is 16.6. The number of carbonyl (C=O) groups is 2. The van der Waals surface area contributed by atoms with Crippen molar-refractivity contribution in [3.8, 4) is 5.75 Å². The van der Waals surface area contributed by atoms with Crippen LogP contribution in [0.15, 0.2) is 18.2 Å². The minimum absolute atomic E-state index is 0.0225. The quantitative estimate of drug-likeness (QED) is 0.670. The summed E-state index contributed by atoms with van der Waals surface area (Å²) < 4.78 is 36.7. The van der Waals surface area contributed by atoms with Gasteiger partial charge in [0.25, 0.3) is 11.8 Å². The first-order valence-electron chi connectivity index (χ1n) is 9.11. The van der Waals surface area contributed by atoms with E-state index in [1.165, 1.54) is 15.5 Å². The van der Waals surface area contributed by atoms with E-state index in [0.29, 0.717) is 43.3 Å². The number of sulfonamides is 1. The smallest absolute Gasteiger partial charge is 0.264 e. The Morgan fingerprint density at radius 3 is 2.71 bits per heavy atom. The first kappa shape index (κ1) is 19.2. The maximum atomic E-state index is 13.3. The third kappa shape index (κ3) is 3.47. The van der Waals surface area contributed by atoms with Gasteiger partial charge >= 0.3 is 0 Å². The Morgan fingerprint density at radius 2 is 1.96 bits per heavy atom. The summed E-state index contributed by atoms with van der Waals surface area (Å²) in [5.41, 5.74) is 0.983. The van der Waals surface area contributed by atoms with Crippen molar-refractivity contribution in [1.82, 2.24) is 9.21 Å². The molecule has 0 N–H and O–H groups in total. The Morgan fingerprint density at radius 1 is 1.18 bits per heavy atom. The van der Waals surface area contributed by atoms with Crippen LogP contribution in [0.1, 0.15) is 10.4 Å². The number of hydrogen-bond acceptors (Lipinski definition) is 6. The molecule has 0 saturated carbocycles. The predicted molar refractivity (Wildman–Crippen MR) is 101 cm³/mol. The van der Waals surface area contributed by atoms with Crippen molar-refractivity contribution in [2.24, 2.45) is 5.92 Å². The van der Waals surface area contributed by atoms with E-state index in [0.717, 1.165) is 0 Å². The van der Waals surface area contributed by atoms with Crippen LogP contribution in [0.2, 0.25) is 0 Å². The molecule has 2 fully saturated rings. The highest BCUT2D eigenvalue weighted by Gasteiger charge is 2.39. The molecule has 0 aromatic heterocycles. The number of fused-ring (bicyclic) bond motifs is 4.